The van der Waals surface area contributed by atoms with E-state index in [1.807, 2.05) is 32.9 Å². The highest BCUT2D eigenvalue weighted by Gasteiger charge is 2.44. The van der Waals surface area contributed by atoms with Gasteiger partial charge in [-0.1, -0.05) is 25.6 Å². The van der Waals surface area contributed by atoms with E-state index in [4.69, 9.17) is 4.74 Å². The van der Waals surface area contributed by atoms with Crippen LogP contribution in [0.15, 0.2) is 16.7 Å². The van der Waals surface area contributed by atoms with Crippen LogP contribution in [0.25, 0.3) is 0 Å². The summed E-state index contributed by atoms with van der Waals surface area (Å²) in [6.07, 6.45) is 0. The smallest absolute Gasteiger partial charge is 0.243 e. The molecule has 1 aliphatic rings. The monoisotopic (exact) mass is 414 g/mol. The van der Waals surface area contributed by atoms with E-state index in [0.29, 0.717) is 22.8 Å². The van der Waals surface area contributed by atoms with E-state index in [2.05, 4.69) is 16.0 Å². The number of nitrogens with zero attached hydrogens (tertiary/aromatic N) is 3. The predicted molar refractivity (Wildman–Crippen MR) is 111 cm³/mol. The summed E-state index contributed by atoms with van der Waals surface area (Å²) >= 11 is 1.13. The van der Waals surface area contributed by atoms with Crippen LogP contribution in [0, 0.1) is 47.8 Å². The highest BCUT2D eigenvalue weighted by Crippen LogP contribution is 2.42. The molecule has 29 heavy (non-hydrogen) atoms. The molecule has 1 aliphatic heterocycles. The number of aryl methyl sites for hydroxylation is 1. The van der Waals surface area contributed by atoms with E-state index in [0.717, 1.165) is 23.1 Å². The van der Waals surface area contributed by atoms with Gasteiger partial charge in [-0.15, -0.1) is 0 Å². The van der Waals surface area contributed by atoms with Gasteiger partial charge in [0.2, 0.25) is 5.91 Å². The van der Waals surface area contributed by atoms with E-state index in [-0.39, 0.29) is 17.6 Å². The lowest BCUT2D eigenvalue weighted by Gasteiger charge is -2.34. The Morgan fingerprint density at radius 3 is 2.62 bits per heavy atom. The van der Waals surface area contributed by atoms with E-state index < -0.39 is 17.2 Å². The molecule has 2 rings (SSSR count). The van der Waals surface area contributed by atoms with Gasteiger partial charge in [0.1, 0.15) is 5.92 Å². The number of amides is 1. The molecule has 0 saturated carbocycles. The third-order valence-electron chi connectivity index (χ3n) is 5.31. The lowest BCUT2D eigenvalue weighted by molar-refractivity contribution is -0.125. The Labute approximate surface area is 175 Å². The first-order valence-corrected chi connectivity index (χ1v) is 10.3. The Kier molecular flexibility index (Phi) is 6.94. The molecule has 2 heterocycles. The van der Waals surface area contributed by atoms with E-state index >= 15 is 0 Å². The number of hydrogen-bond donors (Lipinski definition) is 1. The fourth-order valence-electron chi connectivity index (χ4n) is 3.80. The average molecular weight is 415 g/mol. The minimum Gasteiger partial charge on any atom is -0.383 e. The van der Waals surface area contributed by atoms with Crippen LogP contribution >= 0.6 is 11.8 Å². The summed E-state index contributed by atoms with van der Waals surface area (Å²) in [4.78, 5) is 25.2. The van der Waals surface area contributed by atoms with Crippen LogP contribution in [-0.4, -0.2) is 35.7 Å². The van der Waals surface area contributed by atoms with Gasteiger partial charge in [-0.2, -0.15) is 10.5 Å². The molecule has 0 saturated heterocycles. The number of carbonyl (C=O) groups is 2. The van der Waals surface area contributed by atoms with Crippen molar-refractivity contribution in [1.82, 2.24) is 9.88 Å². The second kappa shape index (κ2) is 8.86. The first kappa shape index (κ1) is 22.7. The molecule has 0 radical (unpaired) electrons. The lowest BCUT2D eigenvalue weighted by Crippen LogP contribution is -2.44. The summed E-state index contributed by atoms with van der Waals surface area (Å²) in [5.74, 6) is -1.40. The maximum atomic E-state index is 12.9. The molecule has 1 N–H and O–H groups in total. The number of carbonyl (C=O) groups excluding carboxylic acids is 2. The van der Waals surface area contributed by atoms with Crippen molar-refractivity contribution in [1.29, 1.82) is 10.5 Å². The van der Waals surface area contributed by atoms with Crippen LogP contribution in [-0.2, 0) is 9.53 Å². The molecule has 8 heteroatoms. The van der Waals surface area contributed by atoms with Gasteiger partial charge in [-0.25, -0.2) is 0 Å². The van der Waals surface area contributed by atoms with Gasteiger partial charge in [0.05, 0.1) is 41.1 Å². The topological polar surface area (TPSA) is 108 Å². The molecule has 1 amide bonds. The number of Topliss-reactive ketones (excluding diaryl/α,β-unsaturated/α-hetero) is 1. The third-order valence-corrected chi connectivity index (χ3v) is 6.32. The summed E-state index contributed by atoms with van der Waals surface area (Å²) in [5.41, 5.74) is 1.86. The number of hydrogen-bond acceptors (Lipinski definition) is 6. The number of nitriles is 2. The van der Waals surface area contributed by atoms with Crippen LogP contribution in [0.4, 0.5) is 0 Å². The molecule has 0 fully saturated rings. The maximum absolute atomic E-state index is 12.9. The van der Waals surface area contributed by atoms with Crippen molar-refractivity contribution >= 4 is 23.5 Å². The zero-order valence-electron chi connectivity index (χ0n) is 17.6. The molecule has 1 aromatic heterocycles. The third kappa shape index (κ3) is 4.24. The molecule has 1 aromatic rings. The minimum absolute atomic E-state index is 0.0804. The molecule has 2 atom stereocenters. The zero-order valence-corrected chi connectivity index (χ0v) is 18.4. The molecule has 0 aliphatic carbocycles. The van der Waals surface area contributed by atoms with Gasteiger partial charge >= 0.3 is 0 Å². The van der Waals surface area contributed by atoms with Crippen LogP contribution < -0.4 is 5.32 Å². The molecule has 0 unspecified atom stereocenters. The van der Waals surface area contributed by atoms with Crippen molar-refractivity contribution in [2.24, 2.45) is 11.3 Å². The Bertz CT molecular complexity index is 946. The van der Waals surface area contributed by atoms with E-state index in [9.17, 15) is 20.1 Å². The van der Waals surface area contributed by atoms with Crippen LogP contribution in [0.3, 0.4) is 0 Å². The summed E-state index contributed by atoms with van der Waals surface area (Å²) < 4.78 is 7.30. The van der Waals surface area contributed by atoms with E-state index in [1.165, 1.54) is 0 Å². The Balaban J connectivity index is 2.26. The number of nitrogens with one attached hydrogen (secondary N) is 1. The Morgan fingerprint density at radius 1 is 1.41 bits per heavy atom. The lowest BCUT2D eigenvalue weighted by atomic mass is 9.72. The summed E-state index contributed by atoms with van der Waals surface area (Å²) in [5, 5.41) is 21.9. The minimum atomic E-state index is -0.946. The molecular formula is C21H26N4O3S. The fourth-order valence-corrected chi connectivity index (χ4v) is 4.86. The number of ether oxygens (including phenoxy) is 1. The summed E-state index contributed by atoms with van der Waals surface area (Å²) in [6, 6.07) is 6.04. The first-order chi connectivity index (χ1) is 13.6. The fraction of sp³-hybridized carbons (Fsp3) is 0.524. The quantitative estimate of drug-likeness (QED) is 0.686. The van der Waals surface area contributed by atoms with Gasteiger partial charge in [-0.05, 0) is 26.8 Å². The number of rotatable bonds is 7. The molecule has 0 bridgehead atoms. The molecule has 154 valence electrons. The van der Waals surface area contributed by atoms with Crippen molar-refractivity contribution in [2.75, 3.05) is 19.5 Å². The first-order valence-electron chi connectivity index (χ1n) is 9.28. The second-order valence-electron chi connectivity index (χ2n) is 7.76. The number of allylic oxidation sites excluding steroid dienone is 1. The molecular weight excluding hydrogens is 388 g/mol. The van der Waals surface area contributed by atoms with Crippen molar-refractivity contribution in [3.05, 3.63) is 33.6 Å². The van der Waals surface area contributed by atoms with Gasteiger partial charge in [0.15, 0.2) is 5.78 Å². The average Bonchev–Trinajstić information content (AvgIpc) is 2.93. The predicted octanol–water partition coefficient (Wildman–Crippen LogP) is 3.26. The van der Waals surface area contributed by atoms with Gasteiger partial charge in [0, 0.05) is 29.5 Å². The molecule has 0 aromatic carbocycles. The molecule has 0 spiro atoms. The Hall–Kier alpha value is -2.55. The van der Waals surface area contributed by atoms with Crippen LogP contribution in [0.1, 0.15) is 48.6 Å². The van der Waals surface area contributed by atoms with Gasteiger partial charge in [-0.3, -0.25) is 9.59 Å². The van der Waals surface area contributed by atoms with Crippen molar-refractivity contribution in [3.8, 4) is 12.1 Å². The highest BCUT2D eigenvalue weighted by molar-refractivity contribution is 8.03. The van der Waals surface area contributed by atoms with Crippen LogP contribution in [0.2, 0.25) is 0 Å². The Morgan fingerprint density at radius 2 is 2.07 bits per heavy atom. The normalized spacial score (nSPS) is 19.3. The standard InChI is InChI=1S/C21H26N4O3S/c1-12-7-15(14(3)25(12)13(2)10-28-6)18(26)11-29-20-17(9-23)21(4,5)16(8-22)19(27)24-20/h7,13,16H,10-11H2,1-6H3,(H,24,27)/t13-,16-/m1/s1. The largest absolute Gasteiger partial charge is 0.383 e. The van der Waals surface area contributed by atoms with Crippen molar-refractivity contribution in [2.45, 2.75) is 40.7 Å². The number of methoxy groups -OCH3 is 1. The second-order valence-corrected chi connectivity index (χ2v) is 8.75. The van der Waals surface area contributed by atoms with Crippen molar-refractivity contribution in [3.63, 3.8) is 0 Å². The number of ketones is 1. The van der Waals surface area contributed by atoms with E-state index in [1.54, 1.807) is 21.0 Å². The van der Waals surface area contributed by atoms with Crippen molar-refractivity contribution < 1.29 is 14.3 Å². The highest BCUT2D eigenvalue weighted by atomic mass is 32.2. The molecule has 7 nitrogen and oxygen atoms in total. The maximum Gasteiger partial charge on any atom is 0.243 e. The summed E-state index contributed by atoms with van der Waals surface area (Å²) in [7, 11) is 1.64. The summed E-state index contributed by atoms with van der Waals surface area (Å²) in [6.45, 7) is 9.82. The number of aromatic nitrogens is 1. The van der Waals surface area contributed by atoms with Crippen LogP contribution in [0.5, 0.6) is 0 Å². The van der Waals surface area contributed by atoms with Gasteiger partial charge in [0.25, 0.3) is 0 Å². The number of thioether (sulfide) groups is 1. The van der Waals surface area contributed by atoms with Gasteiger partial charge < -0.3 is 14.6 Å². The zero-order chi connectivity index (χ0) is 21.9. The SMILES string of the molecule is COC[C@@H](C)n1c(C)cc(C(=O)CSC2=C(C#N)C(C)(C)[C@H](C#N)C(=O)N2)c1C.